The molecule has 11 rings (SSSR count). The Morgan fingerprint density at radius 1 is 0.333 bits per heavy atom. The molecule has 0 bridgehead atoms. The van der Waals surface area contributed by atoms with Gasteiger partial charge in [0.2, 0.25) is 0 Å². The van der Waals surface area contributed by atoms with Crippen molar-refractivity contribution in [2.24, 2.45) is 0 Å². The SMILES string of the molecule is CCCCC1(CCCC)c2ccccc2-c2ccc(-c3c4ccccc4c(-c4ccc5c(c4)C(c4ccccc4)(c4ccccc4)c4ccccc4-5)c4ccccc34)cc21. The summed E-state index contributed by atoms with van der Waals surface area (Å²) in [4.78, 5) is 0. The van der Waals surface area contributed by atoms with Crippen molar-refractivity contribution in [3.05, 3.63) is 228 Å². The molecule has 0 saturated carbocycles. The van der Waals surface area contributed by atoms with Gasteiger partial charge in [-0.15, -0.1) is 0 Å². The van der Waals surface area contributed by atoms with Gasteiger partial charge >= 0.3 is 0 Å². The highest BCUT2D eigenvalue weighted by Crippen LogP contribution is 2.58. The van der Waals surface area contributed by atoms with Crippen molar-refractivity contribution in [3.8, 4) is 44.5 Å². The van der Waals surface area contributed by atoms with Crippen molar-refractivity contribution in [1.82, 2.24) is 0 Å². The van der Waals surface area contributed by atoms with E-state index in [0.29, 0.717) is 0 Å². The van der Waals surface area contributed by atoms with Crippen LogP contribution in [0.4, 0.5) is 0 Å². The first-order valence-electron chi connectivity index (χ1n) is 22.2. The highest BCUT2D eigenvalue weighted by atomic mass is 14.5. The Kier molecular flexibility index (Phi) is 8.93. The van der Waals surface area contributed by atoms with Crippen molar-refractivity contribution < 1.29 is 0 Å². The Labute approximate surface area is 355 Å². The summed E-state index contributed by atoms with van der Waals surface area (Å²) in [5, 5.41) is 5.18. The number of hydrogen-bond acceptors (Lipinski definition) is 0. The van der Waals surface area contributed by atoms with Gasteiger partial charge in [-0.3, -0.25) is 0 Å². The van der Waals surface area contributed by atoms with Gasteiger partial charge in [0.1, 0.15) is 0 Å². The lowest BCUT2D eigenvalue weighted by atomic mass is 9.67. The van der Waals surface area contributed by atoms with E-state index in [-0.39, 0.29) is 5.41 Å². The van der Waals surface area contributed by atoms with Crippen LogP contribution in [0.5, 0.6) is 0 Å². The zero-order chi connectivity index (χ0) is 40.3. The van der Waals surface area contributed by atoms with Gasteiger partial charge in [0.15, 0.2) is 0 Å². The van der Waals surface area contributed by atoms with Crippen LogP contribution in [0.2, 0.25) is 0 Å². The molecule has 0 aromatic heterocycles. The zero-order valence-corrected chi connectivity index (χ0v) is 34.7. The lowest BCUT2D eigenvalue weighted by Gasteiger charge is -2.34. The van der Waals surface area contributed by atoms with Crippen LogP contribution in [-0.2, 0) is 10.8 Å². The van der Waals surface area contributed by atoms with E-state index < -0.39 is 5.41 Å². The van der Waals surface area contributed by atoms with E-state index in [1.165, 1.54) is 138 Å². The maximum atomic E-state index is 2.61. The second kappa shape index (κ2) is 14.6. The summed E-state index contributed by atoms with van der Waals surface area (Å²) in [6.45, 7) is 4.68. The molecule has 0 heteroatoms. The number of hydrogen-bond donors (Lipinski definition) is 0. The summed E-state index contributed by atoms with van der Waals surface area (Å²) >= 11 is 0. The molecule has 0 amide bonds. The van der Waals surface area contributed by atoms with E-state index in [1.807, 2.05) is 0 Å². The van der Waals surface area contributed by atoms with Crippen LogP contribution in [0, 0.1) is 0 Å². The Balaban J connectivity index is 1.17. The summed E-state index contributed by atoms with van der Waals surface area (Å²) in [6.07, 6.45) is 7.23. The molecule has 9 aromatic carbocycles. The molecule has 0 heterocycles. The molecule has 290 valence electrons. The first-order valence-corrected chi connectivity index (χ1v) is 22.2. The van der Waals surface area contributed by atoms with Crippen LogP contribution >= 0.6 is 0 Å². The Morgan fingerprint density at radius 3 is 1.22 bits per heavy atom. The van der Waals surface area contributed by atoms with Gasteiger partial charge in [0, 0.05) is 5.41 Å². The average Bonchev–Trinajstić information content (AvgIpc) is 3.76. The quantitative estimate of drug-likeness (QED) is 0.122. The van der Waals surface area contributed by atoms with Gasteiger partial charge in [-0.05, 0) is 124 Å². The summed E-state index contributed by atoms with van der Waals surface area (Å²) in [7, 11) is 0. The smallest absolute Gasteiger partial charge is 0.0654 e. The fourth-order valence-electron chi connectivity index (χ4n) is 11.6. The summed E-state index contributed by atoms with van der Waals surface area (Å²) in [6, 6.07) is 73.8. The van der Waals surface area contributed by atoms with Crippen LogP contribution in [0.15, 0.2) is 194 Å². The molecular formula is C60H50. The van der Waals surface area contributed by atoms with Crippen molar-refractivity contribution in [2.75, 3.05) is 0 Å². The van der Waals surface area contributed by atoms with Crippen LogP contribution in [-0.4, -0.2) is 0 Å². The fraction of sp³-hybridized carbons (Fsp3) is 0.167. The second-order valence-corrected chi connectivity index (χ2v) is 17.2. The molecule has 0 spiro atoms. The standard InChI is InChI=1S/C60H50/c1-3-5-37-59(38-6-4-2)53-31-19-17-25-45(53)47-35-33-41(39-55(47)59)57-49-27-13-15-29-51(49)58(52-30-16-14-28-50(52)57)42-34-36-48-46-26-18-20-32-54(46)60(56(48)40-42,43-21-9-7-10-22-43)44-23-11-8-12-24-44/h7-36,39-40H,3-6,37-38H2,1-2H3. The highest BCUT2D eigenvalue weighted by molar-refractivity contribution is 6.21. The molecule has 9 aromatic rings. The molecule has 0 unspecified atom stereocenters. The van der Waals surface area contributed by atoms with Gasteiger partial charge < -0.3 is 0 Å². The van der Waals surface area contributed by atoms with Gasteiger partial charge in [0.05, 0.1) is 5.41 Å². The maximum absolute atomic E-state index is 2.61. The third kappa shape index (κ3) is 5.29. The predicted molar refractivity (Wildman–Crippen MR) is 255 cm³/mol. The van der Waals surface area contributed by atoms with Crippen molar-refractivity contribution >= 4 is 21.5 Å². The van der Waals surface area contributed by atoms with Crippen LogP contribution in [0.25, 0.3) is 66.1 Å². The van der Waals surface area contributed by atoms with Crippen molar-refractivity contribution in [3.63, 3.8) is 0 Å². The second-order valence-electron chi connectivity index (χ2n) is 17.2. The molecule has 0 atom stereocenters. The Hall–Kier alpha value is -6.50. The van der Waals surface area contributed by atoms with E-state index in [0.717, 1.165) is 0 Å². The Bertz CT molecular complexity index is 2950. The van der Waals surface area contributed by atoms with Crippen LogP contribution in [0.3, 0.4) is 0 Å². The summed E-state index contributed by atoms with van der Waals surface area (Å²) in [5.41, 5.74) is 18.6. The molecule has 0 saturated heterocycles. The minimum absolute atomic E-state index is 0.0332. The number of benzene rings is 9. The highest BCUT2D eigenvalue weighted by Gasteiger charge is 2.46. The molecule has 0 fully saturated rings. The number of fused-ring (bicyclic) bond motifs is 8. The van der Waals surface area contributed by atoms with E-state index >= 15 is 0 Å². The largest absolute Gasteiger partial charge is 0.0713 e. The summed E-state index contributed by atoms with van der Waals surface area (Å²) in [5.74, 6) is 0. The molecular weight excluding hydrogens is 721 g/mol. The van der Waals surface area contributed by atoms with Crippen molar-refractivity contribution in [2.45, 2.75) is 63.2 Å². The van der Waals surface area contributed by atoms with Gasteiger partial charge in [-0.2, -0.15) is 0 Å². The van der Waals surface area contributed by atoms with Crippen molar-refractivity contribution in [1.29, 1.82) is 0 Å². The molecule has 0 N–H and O–H groups in total. The first-order chi connectivity index (χ1) is 29.7. The van der Waals surface area contributed by atoms with Crippen LogP contribution < -0.4 is 0 Å². The van der Waals surface area contributed by atoms with Gasteiger partial charge in [-0.25, -0.2) is 0 Å². The molecule has 2 aliphatic carbocycles. The lowest BCUT2D eigenvalue weighted by molar-refractivity contribution is 0.414. The lowest BCUT2D eigenvalue weighted by Crippen LogP contribution is -2.28. The third-order valence-corrected chi connectivity index (χ3v) is 14.1. The zero-order valence-electron chi connectivity index (χ0n) is 34.7. The molecule has 0 radical (unpaired) electrons. The topological polar surface area (TPSA) is 0 Å². The molecule has 0 aliphatic heterocycles. The molecule has 0 nitrogen and oxygen atoms in total. The maximum Gasteiger partial charge on any atom is 0.0713 e. The molecule has 60 heavy (non-hydrogen) atoms. The van der Waals surface area contributed by atoms with E-state index in [4.69, 9.17) is 0 Å². The van der Waals surface area contributed by atoms with E-state index in [1.54, 1.807) is 0 Å². The average molecular weight is 771 g/mol. The monoisotopic (exact) mass is 770 g/mol. The Morgan fingerprint density at radius 2 is 0.717 bits per heavy atom. The van der Waals surface area contributed by atoms with Gasteiger partial charge in [-0.1, -0.05) is 222 Å². The number of unbranched alkanes of at least 4 members (excludes halogenated alkanes) is 2. The van der Waals surface area contributed by atoms with Gasteiger partial charge in [0.25, 0.3) is 0 Å². The first kappa shape index (κ1) is 36.6. The van der Waals surface area contributed by atoms with E-state index in [9.17, 15) is 0 Å². The minimum atomic E-state index is -0.458. The van der Waals surface area contributed by atoms with Crippen LogP contribution in [0.1, 0.15) is 85.8 Å². The predicted octanol–water partition coefficient (Wildman–Crippen LogP) is 16.3. The minimum Gasteiger partial charge on any atom is -0.0654 e. The fourth-order valence-corrected chi connectivity index (χ4v) is 11.6. The van der Waals surface area contributed by atoms with E-state index in [2.05, 4.69) is 208 Å². The normalized spacial score (nSPS) is 14.2. The summed E-state index contributed by atoms with van der Waals surface area (Å²) < 4.78 is 0. The molecule has 2 aliphatic rings. The number of rotatable bonds is 10. The third-order valence-electron chi connectivity index (χ3n) is 14.1.